The van der Waals surface area contributed by atoms with Gasteiger partial charge < -0.3 is 23.7 Å². The van der Waals surface area contributed by atoms with Crippen LogP contribution in [-0.4, -0.2) is 54.9 Å². The zero-order valence-corrected chi connectivity index (χ0v) is 25.8. The fourth-order valence-corrected chi connectivity index (χ4v) is 6.14. The summed E-state index contributed by atoms with van der Waals surface area (Å²) in [7, 11) is 0. The third kappa shape index (κ3) is 8.09. The molecule has 0 amide bonds. The summed E-state index contributed by atoms with van der Waals surface area (Å²) >= 11 is 1.62. The molecule has 0 radical (unpaired) electrons. The number of thiophene rings is 1. The fourth-order valence-electron chi connectivity index (χ4n) is 5.11. The van der Waals surface area contributed by atoms with Crippen LogP contribution >= 0.6 is 11.3 Å². The number of hydrogen-bond donors (Lipinski definition) is 0. The van der Waals surface area contributed by atoms with Crippen LogP contribution in [0, 0.1) is 18.3 Å². The van der Waals surface area contributed by atoms with Gasteiger partial charge in [-0.1, -0.05) is 30.3 Å². The molecule has 0 spiro atoms. The molecule has 1 aromatic heterocycles. The molecule has 1 fully saturated rings. The summed E-state index contributed by atoms with van der Waals surface area (Å²) in [6.07, 6.45) is -5.03. The largest absolute Gasteiger partial charge is 0.463 e. The van der Waals surface area contributed by atoms with E-state index < -0.39 is 54.4 Å². The second-order valence-electron chi connectivity index (χ2n) is 10.4. The Hall–Kier alpha value is -4.53. The van der Waals surface area contributed by atoms with Gasteiger partial charge in [0.15, 0.2) is 18.3 Å². The van der Waals surface area contributed by atoms with Crippen LogP contribution in [0.4, 0.5) is 0 Å². The lowest BCUT2D eigenvalue weighted by molar-refractivity contribution is -0.254. The molecule has 0 N–H and O–H groups in total. The van der Waals surface area contributed by atoms with Crippen molar-refractivity contribution < 1.29 is 42.9 Å². The summed E-state index contributed by atoms with van der Waals surface area (Å²) in [5.41, 5.74) is 4.17. The van der Waals surface area contributed by atoms with E-state index in [-0.39, 0.29) is 6.61 Å². The van der Waals surface area contributed by atoms with Gasteiger partial charge in [0.1, 0.15) is 18.8 Å². The van der Waals surface area contributed by atoms with E-state index >= 15 is 0 Å². The van der Waals surface area contributed by atoms with Gasteiger partial charge in [-0.05, 0) is 53.4 Å². The predicted octanol–water partition coefficient (Wildman–Crippen LogP) is 4.98. The highest BCUT2D eigenvalue weighted by molar-refractivity contribution is 7.15. The van der Waals surface area contributed by atoms with E-state index in [9.17, 15) is 24.4 Å². The van der Waals surface area contributed by atoms with Crippen LogP contribution in [0.25, 0.3) is 10.4 Å². The summed E-state index contributed by atoms with van der Waals surface area (Å²) in [5, 5.41) is 9.27. The van der Waals surface area contributed by atoms with Gasteiger partial charge in [0.2, 0.25) is 0 Å². The van der Waals surface area contributed by atoms with Gasteiger partial charge in [0.25, 0.3) is 0 Å². The van der Waals surface area contributed by atoms with Crippen molar-refractivity contribution in [2.75, 3.05) is 6.61 Å². The van der Waals surface area contributed by atoms with E-state index in [0.717, 1.165) is 26.4 Å². The molecule has 4 rings (SSSR count). The molecular formula is C33H33NO9S. The molecule has 230 valence electrons. The first kappa shape index (κ1) is 32.4. The number of ether oxygens (including phenoxy) is 5. The van der Waals surface area contributed by atoms with Crippen molar-refractivity contribution in [3.63, 3.8) is 0 Å². The first-order valence-electron chi connectivity index (χ1n) is 13.9. The Morgan fingerprint density at radius 1 is 0.841 bits per heavy atom. The van der Waals surface area contributed by atoms with Crippen LogP contribution in [0.3, 0.4) is 0 Å². The molecule has 3 aromatic rings. The Balaban J connectivity index is 1.70. The predicted molar refractivity (Wildman–Crippen MR) is 159 cm³/mol. The fraction of sp³-hybridized carbons (Fsp3) is 0.364. The molecule has 11 heteroatoms. The number of nitrogens with zero attached hydrogens (tertiary/aromatic N) is 1. The quantitative estimate of drug-likeness (QED) is 0.238. The molecule has 1 saturated heterocycles. The molecule has 2 aromatic carbocycles. The molecule has 1 aliphatic rings. The number of nitriles is 1. The highest BCUT2D eigenvalue weighted by Crippen LogP contribution is 2.39. The van der Waals surface area contributed by atoms with Crippen molar-refractivity contribution in [3.8, 4) is 16.5 Å². The maximum absolute atomic E-state index is 12.3. The molecule has 1 aliphatic heterocycles. The zero-order valence-electron chi connectivity index (χ0n) is 25.0. The first-order valence-corrected chi connectivity index (χ1v) is 14.8. The van der Waals surface area contributed by atoms with Gasteiger partial charge in [-0.15, -0.1) is 11.3 Å². The monoisotopic (exact) mass is 619 g/mol. The minimum absolute atomic E-state index is 0.294. The average molecular weight is 620 g/mol. The molecule has 0 bridgehead atoms. The second kappa shape index (κ2) is 14.3. The lowest BCUT2D eigenvalue weighted by atomic mass is 9.88. The summed E-state index contributed by atoms with van der Waals surface area (Å²) in [6, 6.07) is 19.4. The minimum Gasteiger partial charge on any atom is -0.463 e. The molecular weight excluding hydrogens is 586 g/mol. The van der Waals surface area contributed by atoms with Gasteiger partial charge >= 0.3 is 23.9 Å². The summed E-state index contributed by atoms with van der Waals surface area (Å²) in [4.78, 5) is 50.3. The Labute approximate surface area is 259 Å². The van der Waals surface area contributed by atoms with Gasteiger partial charge in [-0.25, -0.2) is 0 Å². The SMILES string of the molecule is CC(=O)OC[C@H]1O[C@@H](c2ccc(C)c(Cc3ccc(-c4cccc(C#N)c4)s3)c2)[C@H](OC(C)=O)[C@@H](OC(C)=O)[C@@H]1OC(C)=O. The van der Waals surface area contributed by atoms with Crippen LogP contribution in [0.1, 0.15) is 60.9 Å². The molecule has 5 atom stereocenters. The number of esters is 4. The number of carbonyl (C=O) groups excluding carboxylic acids is 4. The van der Waals surface area contributed by atoms with E-state index in [1.54, 1.807) is 17.4 Å². The molecule has 2 heterocycles. The number of rotatable bonds is 9. The zero-order chi connectivity index (χ0) is 32.0. The molecule has 0 saturated carbocycles. The average Bonchev–Trinajstić information content (AvgIpc) is 3.43. The van der Waals surface area contributed by atoms with Gasteiger partial charge in [0.05, 0.1) is 11.6 Å². The maximum atomic E-state index is 12.3. The molecule has 10 nitrogen and oxygen atoms in total. The highest BCUT2D eigenvalue weighted by Gasteiger charge is 2.52. The van der Waals surface area contributed by atoms with Crippen molar-refractivity contribution in [1.82, 2.24) is 0 Å². The maximum Gasteiger partial charge on any atom is 0.303 e. The minimum atomic E-state index is -1.24. The van der Waals surface area contributed by atoms with Crippen LogP contribution in [-0.2, 0) is 49.3 Å². The number of hydrogen-bond acceptors (Lipinski definition) is 11. The smallest absolute Gasteiger partial charge is 0.303 e. The number of benzene rings is 2. The second-order valence-corrected chi connectivity index (χ2v) is 11.6. The van der Waals surface area contributed by atoms with Crippen LogP contribution < -0.4 is 0 Å². The van der Waals surface area contributed by atoms with Crippen molar-refractivity contribution in [3.05, 3.63) is 81.7 Å². The van der Waals surface area contributed by atoms with Crippen molar-refractivity contribution in [2.45, 2.75) is 71.6 Å². The Morgan fingerprint density at radius 3 is 2.18 bits per heavy atom. The highest BCUT2D eigenvalue weighted by atomic mass is 32.1. The van der Waals surface area contributed by atoms with E-state index in [2.05, 4.69) is 6.07 Å². The van der Waals surface area contributed by atoms with E-state index in [0.29, 0.717) is 17.5 Å². The van der Waals surface area contributed by atoms with Crippen LogP contribution in [0.5, 0.6) is 0 Å². The van der Waals surface area contributed by atoms with E-state index in [4.69, 9.17) is 23.7 Å². The first-order chi connectivity index (χ1) is 20.9. The lowest BCUT2D eigenvalue weighted by Gasteiger charge is -2.44. The Morgan fingerprint density at radius 2 is 1.52 bits per heavy atom. The number of carbonyl (C=O) groups is 4. The van der Waals surface area contributed by atoms with Crippen LogP contribution in [0.15, 0.2) is 54.6 Å². The van der Waals surface area contributed by atoms with Crippen molar-refractivity contribution in [2.24, 2.45) is 0 Å². The normalized spacial score (nSPS) is 21.0. The lowest BCUT2D eigenvalue weighted by Crippen LogP contribution is -2.59. The van der Waals surface area contributed by atoms with E-state index in [1.165, 1.54) is 27.7 Å². The van der Waals surface area contributed by atoms with Gasteiger partial charge in [-0.3, -0.25) is 19.2 Å². The molecule has 0 unspecified atom stereocenters. The third-order valence-corrected chi connectivity index (χ3v) is 8.13. The standard InChI is InChI=1S/C33H33NO9S/c1-18-9-10-25(14-26(18)15-27-11-12-29(44-27)24-8-6-7-23(13-24)16-34)30-32(41-21(4)37)33(42-22(5)38)31(40-20(3)36)28(43-30)17-39-19(2)35/h6-14,28,30-33H,15,17H2,1-5H3/t28-,30+,31-,32+,33+/m1/s1. The van der Waals surface area contributed by atoms with Gasteiger partial charge in [0, 0.05) is 43.9 Å². The van der Waals surface area contributed by atoms with Crippen LogP contribution in [0.2, 0.25) is 0 Å². The topological polar surface area (TPSA) is 138 Å². The molecule has 44 heavy (non-hydrogen) atoms. The van der Waals surface area contributed by atoms with Crippen molar-refractivity contribution in [1.29, 1.82) is 5.26 Å². The Kier molecular flexibility index (Phi) is 10.5. The van der Waals surface area contributed by atoms with Gasteiger partial charge in [-0.2, -0.15) is 5.26 Å². The van der Waals surface area contributed by atoms with E-state index in [1.807, 2.05) is 55.5 Å². The summed E-state index contributed by atoms with van der Waals surface area (Å²) in [6.45, 7) is 6.51. The van der Waals surface area contributed by atoms with Crippen molar-refractivity contribution >= 4 is 35.2 Å². The summed E-state index contributed by atoms with van der Waals surface area (Å²) in [5.74, 6) is -2.60. The number of aryl methyl sites for hydroxylation is 1. The Bertz CT molecular complexity index is 1590. The molecule has 0 aliphatic carbocycles. The third-order valence-electron chi connectivity index (χ3n) is 7.00. The summed E-state index contributed by atoms with van der Waals surface area (Å²) < 4.78 is 28.3.